The van der Waals surface area contributed by atoms with Crippen LogP contribution in [0.25, 0.3) is 10.9 Å². The highest BCUT2D eigenvalue weighted by Gasteiger charge is 2.49. The van der Waals surface area contributed by atoms with Crippen LogP contribution in [-0.2, 0) is 16.4 Å². The summed E-state index contributed by atoms with van der Waals surface area (Å²) >= 11 is 0. The molecule has 9 nitrogen and oxygen atoms in total. The first-order valence-electron chi connectivity index (χ1n) is 11.1. The summed E-state index contributed by atoms with van der Waals surface area (Å²) in [5, 5.41) is 0.715. The number of piperazine rings is 1. The molecule has 0 radical (unpaired) electrons. The molecule has 2 aromatic heterocycles. The Morgan fingerprint density at radius 2 is 1.94 bits per heavy atom. The molecule has 13 heteroatoms. The molecular weight excluding hydrogens is 485 g/mol. The van der Waals surface area contributed by atoms with Gasteiger partial charge in [0.2, 0.25) is 0 Å². The molecule has 0 atom stereocenters. The van der Waals surface area contributed by atoms with Crippen LogP contribution in [0.4, 0.5) is 24.7 Å². The Morgan fingerprint density at radius 3 is 2.63 bits per heavy atom. The summed E-state index contributed by atoms with van der Waals surface area (Å²) in [7, 11) is -2.95. The fourth-order valence-electron chi connectivity index (χ4n) is 4.23. The lowest BCUT2D eigenvalue weighted by Crippen LogP contribution is -2.47. The van der Waals surface area contributed by atoms with Crippen LogP contribution in [0.2, 0.25) is 0 Å². The second-order valence-corrected chi connectivity index (χ2v) is 10.3. The van der Waals surface area contributed by atoms with Crippen LogP contribution in [0.3, 0.4) is 0 Å². The monoisotopic (exact) mass is 512 g/mol. The van der Waals surface area contributed by atoms with E-state index in [-0.39, 0.29) is 9.99 Å². The Bertz CT molecular complexity index is 1270. The Kier molecular flexibility index (Phi) is 7.08. The summed E-state index contributed by atoms with van der Waals surface area (Å²) in [6.45, 7) is 4.22. The number of methoxy groups -OCH3 is 1. The Labute approximate surface area is 201 Å². The molecule has 3 heterocycles. The maximum absolute atomic E-state index is 12.9. The van der Waals surface area contributed by atoms with E-state index < -0.39 is 15.5 Å². The van der Waals surface area contributed by atoms with Gasteiger partial charge in [-0.15, -0.1) is 0 Å². The summed E-state index contributed by atoms with van der Waals surface area (Å²) in [6, 6.07) is 4.44. The number of benzene rings is 1. The minimum Gasteiger partial charge on any atom is -0.491 e. The lowest BCUT2D eigenvalue weighted by atomic mass is 10.1. The Hall–Kier alpha value is -3.06. The van der Waals surface area contributed by atoms with Crippen molar-refractivity contribution >= 4 is 32.4 Å². The van der Waals surface area contributed by atoms with Gasteiger partial charge in [0.25, 0.3) is 0 Å². The molecule has 1 saturated heterocycles. The largest absolute Gasteiger partial charge is 0.516 e. The molecule has 35 heavy (non-hydrogen) atoms. The number of anilines is 2. The van der Waals surface area contributed by atoms with Crippen LogP contribution >= 0.6 is 0 Å². The molecule has 0 bridgehead atoms. The number of H-pyrrole nitrogens is 1. The topological polar surface area (TPSA) is 94.7 Å². The molecule has 0 amide bonds. The number of hydrogen-bond donors (Lipinski definition) is 1. The normalized spacial score (nSPS) is 15.5. The number of aryl methyl sites for hydroxylation is 1. The molecule has 1 aromatic carbocycles. The fourth-order valence-corrected chi connectivity index (χ4v) is 4.93. The van der Waals surface area contributed by atoms with E-state index in [1.165, 1.54) is 18.5 Å². The number of ether oxygens (including phenoxy) is 1. The van der Waals surface area contributed by atoms with Gasteiger partial charge in [0, 0.05) is 50.3 Å². The third kappa shape index (κ3) is 5.15. The van der Waals surface area contributed by atoms with Gasteiger partial charge in [-0.3, -0.25) is 9.21 Å². The van der Waals surface area contributed by atoms with E-state index in [0.717, 1.165) is 63.1 Å². The average Bonchev–Trinajstić information content (AvgIpc) is 3.25. The van der Waals surface area contributed by atoms with Gasteiger partial charge in [-0.1, -0.05) is 0 Å². The van der Waals surface area contributed by atoms with E-state index in [0.29, 0.717) is 17.6 Å². The summed E-state index contributed by atoms with van der Waals surface area (Å²) < 4.78 is 68.0. The molecule has 0 unspecified atom stereocenters. The molecule has 0 aliphatic carbocycles. The van der Waals surface area contributed by atoms with Gasteiger partial charge < -0.3 is 14.6 Å². The van der Waals surface area contributed by atoms with Crippen LogP contribution in [0.15, 0.2) is 36.9 Å². The number of hydrogen-bond acceptors (Lipinski definition) is 7. The van der Waals surface area contributed by atoms with Crippen molar-refractivity contribution in [3.05, 3.63) is 42.5 Å². The highest BCUT2D eigenvalue weighted by Crippen LogP contribution is 2.32. The number of aromatic nitrogens is 3. The zero-order valence-electron chi connectivity index (χ0n) is 19.4. The quantitative estimate of drug-likeness (QED) is 0.496. The number of aromatic amines is 1. The zero-order valence-corrected chi connectivity index (χ0v) is 20.2. The van der Waals surface area contributed by atoms with E-state index in [2.05, 4.69) is 24.8 Å². The van der Waals surface area contributed by atoms with Crippen LogP contribution in [0, 0.1) is 0 Å². The molecule has 0 saturated carbocycles. The highest BCUT2D eigenvalue weighted by atomic mass is 32.2. The molecule has 1 fully saturated rings. The van der Waals surface area contributed by atoms with E-state index in [4.69, 9.17) is 4.74 Å². The highest BCUT2D eigenvalue weighted by molar-refractivity contribution is 7.93. The molecule has 3 aromatic rings. The molecule has 4 rings (SSSR count). The zero-order chi connectivity index (χ0) is 25.2. The SMILES string of the molecule is COc1cncnc1N1CCN(CCCc2c[nH]c3ccc(N(C)S(=O)(=O)C(F)(F)F)cc23)CC1. The number of nitrogens with zero attached hydrogens (tertiary/aromatic N) is 5. The van der Waals surface area contributed by atoms with Gasteiger partial charge in [0.1, 0.15) is 6.33 Å². The standard InChI is InChI=1S/C22H27F3N6O3S/c1-29(35(32,33)22(23,24)25)17-5-6-19-18(12-17)16(13-27-19)4-3-7-30-8-10-31(11-9-30)21-20(34-2)14-26-15-28-21/h5-6,12-15,27H,3-4,7-11H2,1-2H3. The number of fused-ring (bicyclic) bond motifs is 1. The fraction of sp³-hybridized carbons (Fsp3) is 0.455. The molecule has 1 aliphatic rings. The van der Waals surface area contributed by atoms with Crippen molar-refractivity contribution in [2.24, 2.45) is 0 Å². The summed E-state index contributed by atoms with van der Waals surface area (Å²) in [5.74, 6) is 1.43. The van der Waals surface area contributed by atoms with Gasteiger partial charge in [0.15, 0.2) is 11.6 Å². The molecular formula is C22H27F3N6O3S. The number of nitrogens with one attached hydrogen (secondary N) is 1. The van der Waals surface area contributed by atoms with Crippen molar-refractivity contribution in [3.63, 3.8) is 0 Å². The van der Waals surface area contributed by atoms with Crippen molar-refractivity contribution in [2.45, 2.75) is 18.3 Å². The minimum atomic E-state index is -5.46. The molecule has 0 spiro atoms. The van der Waals surface area contributed by atoms with Crippen LogP contribution in [0.1, 0.15) is 12.0 Å². The lowest BCUT2D eigenvalue weighted by molar-refractivity contribution is -0.0437. The molecule has 190 valence electrons. The van der Waals surface area contributed by atoms with Gasteiger partial charge >= 0.3 is 15.5 Å². The predicted octanol–water partition coefficient (Wildman–Crippen LogP) is 3.01. The number of alkyl halides is 3. The van der Waals surface area contributed by atoms with Crippen LogP contribution < -0.4 is 13.9 Å². The maximum atomic E-state index is 12.9. The first-order valence-corrected chi connectivity index (χ1v) is 12.5. The molecule has 1 aliphatic heterocycles. The smallest absolute Gasteiger partial charge is 0.491 e. The first-order chi connectivity index (χ1) is 16.6. The number of rotatable bonds is 8. The summed E-state index contributed by atoms with van der Waals surface area (Å²) in [4.78, 5) is 16.0. The van der Waals surface area contributed by atoms with Crippen molar-refractivity contribution in [1.82, 2.24) is 19.9 Å². The second-order valence-electron chi connectivity index (χ2n) is 8.31. The van der Waals surface area contributed by atoms with Crippen molar-refractivity contribution < 1.29 is 26.3 Å². The van der Waals surface area contributed by atoms with Gasteiger partial charge in [-0.25, -0.2) is 9.97 Å². The molecule has 1 N–H and O–H groups in total. The van der Waals surface area contributed by atoms with E-state index >= 15 is 0 Å². The minimum absolute atomic E-state index is 0.0352. The maximum Gasteiger partial charge on any atom is 0.516 e. The predicted molar refractivity (Wildman–Crippen MR) is 127 cm³/mol. The van der Waals surface area contributed by atoms with Crippen molar-refractivity contribution in [3.8, 4) is 5.75 Å². The van der Waals surface area contributed by atoms with Crippen molar-refractivity contribution in [2.75, 3.05) is 56.1 Å². The van der Waals surface area contributed by atoms with E-state index in [1.54, 1.807) is 19.4 Å². The van der Waals surface area contributed by atoms with E-state index in [1.807, 2.05) is 6.20 Å². The van der Waals surface area contributed by atoms with Gasteiger partial charge in [0.05, 0.1) is 19.0 Å². The lowest BCUT2D eigenvalue weighted by Gasteiger charge is -2.35. The average molecular weight is 513 g/mol. The summed E-state index contributed by atoms with van der Waals surface area (Å²) in [6.07, 6.45) is 6.54. The van der Waals surface area contributed by atoms with Crippen LogP contribution in [0.5, 0.6) is 5.75 Å². The van der Waals surface area contributed by atoms with Gasteiger partial charge in [-0.05, 0) is 43.1 Å². The van der Waals surface area contributed by atoms with Crippen LogP contribution in [-0.4, -0.2) is 80.7 Å². The van der Waals surface area contributed by atoms with E-state index in [9.17, 15) is 21.6 Å². The first kappa shape index (κ1) is 25.0. The second kappa shape index (κ2) is 9.90. The third-order valence-corrected chi connectivity index (χ3v) is 7.76. The Balaban J connectivity index is 1.36. The summed E-state index contributed by atoms with van der Waals surface area (Å²) in [5.41, 5.74) is -3.72. The Morgan fingerprint density at radius 1 is 1.20 bits per heavy atom. The van der Waals surface area contributed by atoms with Gasteiger partial charge in [-0.2, -0.15) is 21.6 Å². The number of sulfonamides is 1. The third-order valence-electron chi connectivity index (χ3n) is 6.24. The van der Waals surface area contributed by atoms with Crippen molar-refractivity contribution in [1.29, 1.82) is 0 Å². The number of halogens is 3.